The van der Waals surface area contributed by atoms with Crippen molar-refractivity contribution in [3.05, 3.63) is 47.7 Å². The Hall–Kier alpha value is -3.08. The normalized spacial score (nSPS) is 17.5. The van der Waals surface area contributed by atoms with Gasteiger partial charge in [0.05, 0.1) is 22.7 Å². The van der Waals surface area contributed by atoms with Crippen molar-refractivity contribution in [2.24, 2.45) is 4.40 Å². The molecule has 2 aliphatic heterocycles. The lowest BCUT2D eigenvalue weighted by atomic mass is 10.1. The highest BCUT2D eigenvalue weighted by Crippen LogP contribution is 2.25. The minimum Gasteiger partial charge on any atom is -0.330 e. The summed E-state index contributed by atoms with van der Waals surface area (Å²) in [7, 11) is -3.52. The van der Waals surface area contributed by atoms with Crippen LogP contribution in [0.15, 0.2) is 40.5 Å². The zero-order valence-electron chi connectivity index (χ0n) is 14.0. The third-order valence-corrected chi connectivity index (χ3v) is 4.87. The van der Waals surface area contributed by atoms with Gasteiger partial charge < -0.3 is 15.5 Å². The number of sulfonamides is 1. The van der Waals surface area contributed by atoms with E-state index in [1.807, 2.05) is 0 Å². The molecule has 2 N–H and O–H groups in total. The predicted octanol–water partition coefficient (Wildman–Crippen LogP) is 1.36. The average Bonchev–Trinajstić information content (AvgIpc) is 2.57. The summed E-state index contributed by atoms with van der Waals surface area (Å²) < 4.78 is 54.2. The number of anilines is 2. The highest BCUT2D eigenvalue weighted by molar-refractivity contribution is 7.90. The van der Waals surface area contributed by atoms with E-state index in [4.69, 9.17) is 0 Å². The molecule has 2 aliphatic rings. The van der Waals surface area contributed by atoms with Crippen LogP contribution < -0.4 is 10.6 Å². The highest BCUT2D eigenvalue weighted by Gasteiger charge is 2.25. The van der Waals surface area contributed by atoms with E-state index >= 15 is 0 Å². The number of rotatable bonds is 3. The minimum absolute atomic E-state index is 0.123. The fraction of sp³-hybridized carbons (Fsp3) is 0.188. The van der Waals surface area contributed by atoms with Gasteiger partial charge in [-0.2, -0.15) is 0 Å². The van der Waals surface area contributed by atoms with Gasteiger partial charge in [0.1, 0.15) is 17.5 Å². The van der Waals surface area contributed by atoms with Gasteiger partial charge in [-0.15, -0.1) is 4.40 Å². The molecule has 0 unspecified atom stereocenters. The van der Waals surface area contributed by atoms with E-state index in [1.165, 1.54) is 23.3 Å². The SMILES string of the molecule is CC(=O)Nc1cc(NC(=O)C2=CN3CCS(=O)(=O)N=C3C=C2)c(F)cc1F. The molecule has 11 heteroatoms. The number of nitrogens with one attached hydrogen (secondary N) is 2. The number of hydrogen-bond acceptors (Lipinski definition) is 5. The zero-order chi connectivity index (χ0) is 19.8. The van der Waals surface area contributed by atoms with Crippen molar-refractivity contribution in [3.8, 4) is 0 Å². The van der Waals surface area contributed by atoms with E-state index in [2.05, 4.69) is 15.0 Å². The maximum absolute atomic E-state index is 13.9. The second-order valence-corrected chi connectivity index (χ2v) is 7.55. The maximum Gasteiger partial charge on any atom is 0.257 e. The number of carbonyl (C=O) groups is 2. The van der Waals surface area contributed by atoms with Crippen LogP contribution in [0.3, 0.4) is 0 Å². The Balaban J connectivity index is 1.82. The second kappa shape index (κ2) is 6.91. The minimum atomic E-state index is -3.52. The zero-order valence-corrected chi connectivity index (χ0v) is 14.8. The topological polar surface area (TPSA) is 108 Å². The number of nitrogens with zero attached hydrogens (tertiary/aromatic N) is 2. The van der Waals surface area contributed by atoms with Gasteiger partial charge in [0.2, 0.25) is 5.91 Å². The quantitative estimate of drug-likeness (QED) is 0.802. The number of fused-ring (bicyclic) bond motifs is 1. The molecule has 0 spiro atoms. The summed E-state index contributed by atoms with van der Waals surface area (Å²) in [6.45, 7) is 1.29. The Morgan fingerprint density at radius 2 is 1.78 bits per heavy atom. The van der Waals surface area contributed by atoms with Crippen LogP contribution in [0.5, 0.6) is 0 Å². The molecule has 1 aromatic rings. The first-order chi connectivity index (χ1) is 12.6. The Labute approximate surface area is 153 Å². The van der Waals surface area contributed by atoms with E-state index in [9.17, 15) is 26.8 Å². The van der Waals surface area contributed by atoms with E-state index < -0.39 is 33.5 Å². The Kier molecular flexibility index (Phi) is 4.79. The van der Waals surface area contributed by atoms with Crippen LogP contribution in [0.25, 0.3) is 0 Å². The molecule has 0 aliphatic carbocycles. The molecule has 2 heterocycles. The van der Waals surface area contributed by atoms with Gasteiger partial charge in [-0.1, -0.05) is 0 Å². The summed E-state index contributed by atoms with van der Waals surface area (Å²) in [5.74, 6) is -3.25. The molecular formula is C16H14F2N4O4S. The standard InChI is InChI=1S/C16H14F2N4O4S/c1-9(23)19-13-7-14(12(18)6-11(13)17)20-16(24)10-2-3-15-21-27(25,26)5-4-22(15)8-10/h2-3,6-8H,4-5H2,1H3,(H,19,23)(H,20,24). The number of benzene rings is 1. The Morgan fingerprint density at radius 3 is 2.44 bits per heavy atom. The number of halogens is 2. The summed E-state index contributed by atoms with van der Waals surface area (Å²) in [6, 6.07) is 1.52. The van der Waals surface area contributed by atoms with Crippen LogP contribution in [0.4, 0.5) is 20.2 Å². The van der Waals surface area contributed by atoms with Gasteiger partial charge in [-0.05, 0) is 18.2 Å². The molecular weight excluding hydrogens is 382 g/mol. The fourth-order valence-corrected chi connectivity index (χ4v) is 3.43. The molecule has 142 valence electrons. The average molecular weight is 396 g/mol. The summed E-state index contributed by atoms with van der Waals surface area (Å²) >= 11 is 0. The van der Waals surface area contributed by atoms with Crippen molar-refractivity contribution in [1.82, 2.24) is 4.90 Å². The molecule has 1 aromatic carbocycles. The molecule has 0 bridgehead atoms. The molecule has 0 radical (unpaired) electrons. The van der Waals surface area contributed by atoms with Crippen LogP contribution in [-0.4, -0.2) is 43.3 Å². The summed E-state index contributed by atoms with van der Waals surface area (Å²) in [4.78, 5) is 24.9. The highest BCUT2D eigenvalue weighted by atomic mass is 32.2. The monoisotopic (exact) mass is 396 g/mol. The third-order valence-electron chi connectivity index (χ3n) is 3.70. The fourth-order valence-electron chi connectivity index (χ4n) is 2.46. The molecule has 8 nitrogen and oxygen atoms in total. The van der Waals surface area contributed by atoms with Crippen LogP contribution in [0, 0.1) is 11.6 Å². The lowest BCUT2D eigenvalue weighted by Crippen LogP contribution is -2.37. The van der Waals surface area contributed by atoms with Crippen molar-refractivity contribution in [2.75, 3.05) is 22.9 Å². The first-order valence-corrected chi connectivity index (χ1v) is 9.33. The third kappa shape index (κ3) is 4.19. The predicted molar refractivity (Wildman–Crippen MR) is 94.4 cm³/mol. The molecule has 0 saturated carbocycles. The van der Waals surface area contributed by atoms with E-state index in [1.54, 1.807) is 0 Å². The van der Waals surface area contributed by atoms with Crippen LogP contribution >= 0.6 is 0 Å². The van der Waals surface area contributed by atoms with Crippen molar-refractivity contribution in [1.29, 1.82) is 0 Å². The van der Waals surface area contributed by atoms with Crippen LogP contribution in [-0.2, 0) is 19.6 Å². The van der Waals surface area contributed by atoms with Gasteiger partial charge in [-0.25, -0.2) is 17.2 Å². The maximum atomic E-state index is 13.9. The number of amidine groups is 1. The van der Waals surface area contributed by atoms with Crippen molar-refractivity contribution >= 4 is 39.0 Å². The molecule has 27 heavy (non-hydrogen) atoms. The van der Waals surface area contributed by atoms with Gasteiger partial charge in [0, 0.05) is 25.7 Å². The molecule has 0 aromatic heterocycles. The van der Waals surface area contributed by atoms with Gasteiger partial charge in [0.25, 0.3) is 15.9 Å². The summed E-state index contributed by atoms with van der Waals surface area (Å²) in [6.07, 6.45) is 4.08. The van der Waals surface area contributed by atoms with Crippen LogP contribution in [0.1, 0.15) is 6.92 Å². The summed E-state index contributed by atoms with van der Waals surface area (Å²) in [5.41, 5.74) is -0.471. The molecule has 0 fully saturated rings. The second-order valence-electron chi connectivity index (χ2n) is 5.79. The molecule has 3 rings (SSSR count). The van der Waals surface area contributed by atoms with Crippen molar-refractivity contribution in [2.45, 2.75) is 6.92 Å². The van der Waals surface area contributed by atoms with E-state index in [0.29, 0.717) is 6.07 Å². The lowest BCUT2D eigenvalue weighted by Gasteiger charge is -2.27. The molecule has 2 amide bonds. The van der Waals surface area contributed by atoms with Crippen molar-refractivity contribution in [3.63, 3.8) is 0 Å². The molecule has 0 atom stereocenters. The smallest absolute Gasteiger partial charge is 0.257 e. The van der Waals surface area contributed by atoms with E-state index in [-0.39, 0.29) is 35.1 Å². The largest absolute Gasteiger partial charge is 0.330 e. The van der Waals surface area contributed by atoms with E-state index in [0.717, 1.165) is 13.0 Å². The number of amides is 2. The Morgan fingerprint density at radius 1 is 1.11 bits per heavy atom. The van der Waals surface area contributed by atoms with Gasteiger partial charge in [-0.3, -0.25) is 9.59 Å². The first kappa shape index (κ1) is 18.7. The number of carbonyl (C=O) groups excluding carboxylic acids is 2. The summed E-state index contributed by atoms with van der Waals surface area (Å²) in [5, 5.41) is 4.49. The van der Waals surface area contributed by atoms with Crippen molar-refractivity contribution < 1.29 is 26.8 Å². The van der Waals surface area contributed by atoms with Gasteiger partial charge in [0.15, 0.2) is 0 Å². The number of hydrogen-bond donors (Lipinski definition) is 2. The Bertz CT molecular complexity index is 1030. The first-order valence-electron chi connectivity index (χ1n) is 7.72. The lowest BCUT2D eigenvalue weighted by molar-refractivity contribution is -0.114. The van der Waals surface area contributed by atoms with Crippen LogP contribution in [0.2, 0.25) is 0 Å². The van der Waals surface area contributed by atoms with Gasteiger partial charge >= 0.3 is 0 Å². The molecule has 0 saturated heterocycles.